The maximum atomic E-state index is 13.3. The van der Waals surface area contributed by atoms with Crippen LogP contribution in [0.4, 0.5) is 5.82 Å². The van der Waals surface area contributed by atoms with Gasteiger partial charge in [-0.1, -0.05) is 0 Å². The second kappa shape index (κ2) is 17.7. The van der Waals surface area contributed by atoms with Crippen LogP contribution in [0.25, 0.3) is 10.9 Å². The first-order valence-electron chi connectivity index (χ1n) is 22.1. The summed E-state index contributed by atoms with van der Waals surface area (Å²) in [5.74, 6) is 0.190. The highest BCUT2D eigenvalue weighted by Crippen LogP contribution is 2.36. The molecule has 2 aromatic heterocycles. The number of imide groups is 2. The average Bonchev–Trinajstić information content (AvgIpc) is 3.52. The average molecular weight is 854 g/mol. The zero-order valence-corrected chi connectivity index (χ0v) is 35.5. The standard InChI is InChI=1S/C47H51N9O7/c1-27(2)55(31-22-34(23-31)62-33-10-11-35-37(24-33)47(61)56(46(35)60)39-13-16-42(57)51-45(39)59)26-28-17-20-54(21-18-28)41-15-12-38(52-53-41)44(58)50-30-6-8-32(9-7-30)63-40-14-5-29(25-48)43-36(40)4-3-19-49-43/h3-5,10-12,14-15,19,24,27-28,30-32,34,39H,6-9,13,16-18,20-23,26H2,1-2H3,(H,50,58)(H,51,57,59)/t30-,31-,32-,34-,39?. The lowest BCUT2D eigenvalue weighted by molar-refractivity contribution is -0.136. The molecule has 5 heterocycles. The van der Waals surface area contributed by atoms with E-state index in [1.165, 1.54) is 0 Å². The van der Waals surface area contributed by atoms with Gasteiger partial charge in [-0.2, -0.15) is 5.26 Å². The summed E-state index contributed by atoms with van der Waals surface area (Å²) in [6, 6.07) is 17.8. The molecule has 0 radical (unpaired) electrons. The second-order valence-corrected chi connectivity index (χ2v) is 17.7. The van der Waals surface area contributed by atoms with Crippen molar-refractivity contribution in [3.63, 3.8) is 0 Å². The van der Waals surface area contributed by atoms with Gasteiger partial charge in [0, 0.05) is 68.6 Å². The molecule has 1 unspecified atom stereocenters. The van der Waals surface area contributed by atoms with Crippen molar-refractivity contribution >= 4 is 46.3 Å². The van der Waals surface area contributed by atoms with Crippen LogP contribution in [0.15, 0.2) is 60.8 Å². The van der Waals surface area contributed by atoms with Crippen molar-refractivity contribution in [2.75, 3.05) is 24.5 Å². The van der Waals surface area contributed by atoms with Crippen LogP contribution in [0.1, 0.15) is 115 Å². The van der Waals surface area contributed by atoms with Crippen molar-refractivity contribution in [2.24, 2.45) is 5.92 Å². The molecule has 2 saturated carbocycles. The number of carbonyl (C=O) groups excluding carboxylic acids is 5. The Morgan fingerprint density at radius 2 is 1.68 bits per heavy atom. The first-order chi connectivity index (χ1) is 30.5. The summed E-state index contributed by atoms with van der Waals surface area (Å²) < 4.78 is 12.7. The molecule has 63 heavy (non-hydrogen) atoms. The zero-order valence-electron chi connectivity index (χ0n) is 35.5. The zero-order chi connectivity index (χ0) is 43.8. The third-order valence-electron chi connectivity index (χ3n) is 13.4. The molecule has 2 aromatic carbocycles. The predicted octanol–water partition coefficient (Wildman–Crippen LogP) is 4.95. The van der Waals surface area contributed by atoms with Gasteiger partial charge < -0.3 is 19.7 Å². The minimum atomic E-state index is -1.00. The van der Waals surface area contributed by atoms with E-state index < -0.39 is 29.7 Å². The Morgan fingerprint density at radius 3 is 2.40 bits per heavy atom. The van der Waals surface area contributed by atoms with E-state index >= 15 is 0 Å². The fourth-order valence-corrected chi connectivity index (χ4v) is 9.76. The number of fused-ring (bicyclic) bond motifs is 2. The number of nitrogens with one attached hydrogen (secondary N) is 2. The van der Waals surface area contributed by atoms with Crippen LogP contribution in [0.3, 0.4) is 0 Å². The van der Waals surface area contributed by atoms with Crippen molar-refractivity contribution in [1.82, 2.24) is 35.6 Å². The highest BCUT2D eigenvalue weighted by molar-refractivity contribution is 6.23. The quantitative estimate of drug-likeness (QED) is 0.182. The molecule has 1 atom stereocenters. The number of carbonyl (C=O) groups is 5. The van der Waals surface area contributed by atoms with Gasteiger partial charge >= 0.3 is 0 Å². The normalized spacial score (nSPS) is 24.0. The van der Waals surface area contributed by atoms with Crippen molar-refractivity contribution in [2.45, 2.75) is 114 Å². The summed E-state index contributed by atoms with van der Waals surface area (Å²) >= 11 is 0. The lowest BCUT2D eigenvalue weighted by atomic mass is 9.85. The molecular weight excluding hydrogens is 803 g/mol. The predicted molar refractivity (Wildman–Crippen MR) is 230 cm³/mol. The smallest absolute Gasteiger partial charge is 0.272 e. The minimum absolute atomic E-state index is 0.00810. The number of nitrogens with zero attached hydrogens (tertiary/aromatic N) is 7. The number of aromatic nitrogens is 3. The van der Waals surface area contributed by atoms with Crippen molar-refractivity contribution in [3.8, 4) is 17.6 Å². The number of amides is 5. The second-order valence-electron chi connectivity index (χ2n) is 17.7. The first-order valence-corrected chi connectivity index (χ1v) is 22.1. The highest BCUT2D eigenvalue weighted by Gasteiger charge is 2.45. The molecular formula is C47H51N9O7. The Bertz CT molecular complexity index is 2470. The van der Waals surface area contributed by atoms with Crippen LogP contribution in [0.5, 0.6) is 11.5 Å². The van der Waals surface area contributed by atoms with E-state index in [-0.39, 0.29) is 48.1 Å². The molecule has 0 bridgehead atoms. The van der Waals surface area contributed by atoms with E-state index in [9.17, 15) is 29.2 Å². The van der Waals surface area contributed by atoms with Crippen LogP contribution in [-0.4, -0.2) is 111 Å². The van der Waals surface area contributed by atoms with Gasteiger partial charge in [0.25, 0.3) is 17.7 Å². The Labute approximate surface area is 365 Å². The van der Waals surface area contributed by atoms with Gasteiger partial charge in [-0.25, -0.2) is 0 Å². The van der Waals surface area contributed by atoms with Crippen LogP contribution < -0.4 is 25.0 Å². The van der Waals surface area contributed by atoms with Gasteiger partial charge in [-0.15, -0.1) is 10.2 Å². The fourth-order valence-electron chi connectivity index (χ4n) is 9.76. The summed E-state index contributed by atoms with van der Waals surface area (Å²) in [6.07, 6.45) is 8.73. The lowest BCUT2D eigenvalue weighted by Crippen LogP contribution is -2.54. The van der Waals surface area contributed by atoms with Gasteiger partial charge in [-0.05, 0) is 119 Å². The number of nitriles is 1. The molecule has 5 amide bonds. The van der Waals surface area contributed by atoms with Gasteiger partial charge in [0.15, 0.2) is 11.5 Å². The highest BCUT2D eigenvalue weighted by atomic mass is 16.5. The number of pyridine rings is 1. The molecule has 4 fully saturated rings. The number of anilines is 1. The summed E-state index contributed by atoms with van der Waals surface area (Å²) in [5, 5.41) is 24.4. The summed E-state index contributed by atoms with van der Waals surface area (Å²) in [4.78, 5) is 73.8. The first kappa shape index (κ1) is 41.9. The molecule has 9 rings (SSSR count). The molecule has 16 heteroatoms. The maximum Gasteiger partial charge on any atom is 0.272 e. The van der Waals surface area contributed by atoms with Crippen LogP contribution in [-0.2, 0) is 9.59 Å². The van der Waals surface area contributed by atoms with Gasteiger partial charge in [-0.3, -0.25) is 44.1 Å². The third kappa shape index (κ3) is 8.66. The summed E-state index contributed by atoms with van der Waals surface area (Å²) in [7, 11) is 0. The van der Waals surface area contributed by atoms with E-state index in [0.717, 1.165) is 92.9 Å². The number of benzene rings is 2. The number of piperidine rings is 2. The topological polar surface area (TPSA) is 200 Å². The van der Waals surface area contributed by atoms with Crippen molar-refractivity contribution in [1.29, 1.82) is 5.26 Å². The summed E-state index contributed by atoms with van der Waals surface area (Å²) in [6.45, 7) is 7.15. The van der Waals surface area contributed by atoms with Gasteiger partial charge in [0.05, 0.1) is 28.3 Å². The fraction of sp³-hybridized carbons (Fsp3) is 0.468. The van der Waals surface area contributed by atoms with Crippen molar-refractivity contribution in [3.05, 3.63) is 83.2 Å². The van der Waals surface area contributed by atoms with Crippen molar-refractivity contribution < 1.29 is 33.4 Å². The Morgan fingerprint density at radius 1 is 0.905 bits per heavy atom. The largest absolute Gasteiger partial charge is 0.490 e. The number of hydrogen-bond acceptors (Lipinski definition) is 13. The Kier molecular flexibility index (Phi) is 11.8. The summed E-state index contributed by atoms with van der Waals surface area (Å²) in [5.41, 5.74) is 1.91. The molecule has 4 aromatic rings. The van der Waals surface area contributed by atoms with Gasteiger partial charge in [0.2, 0.25) is 11.8 Å². The molecule has 3 aliphatic heterocycles. The van der Waals surface area contributed by atoms with Gasteiger partial charge in [0.1, 0.15) is 29.7 Å². The molecule has 5 aliphatic rings. The molecule has 16 nitrogen and oxygen atoms in total. The lowest BCUT2D eigenvalue weighted by Gasteiger charge is -2.46. The molecule has 2 N–H and O–H groups in total. The van der Waals surface area contributed by atoms with E-state index in [1.807, 2.05) is 24.3 Å². The minimum Gasteiger partial charge on any atom is -0.490 e. The van der Waals surface area contributed by atoms with E-state index in [2.05, 4.69) is 55.5 Å². The monoisotopic (exact) mass is 853 g/mol. The molecule has 2 saturated heterocycles. The number of ether oxygens (including phenoxy) is 2. The third-order valence-corrected chi connectivity index (χ3v) is 13.4. The van der Waals surface area contributed by atoms with Crippen LogP contribution >= 0.6 is 0 Å². The molecule has 326 valence electrons. The molecule has 0 spiro atoms. The maximum absolute atomic E-state index is 13.3. The van der Waals surface area contributed by atoms with E-state index in [4.69, 9.17) is 9.47 Å². The van der Waals surface area contributed by atoms with Crippen LogP contribution in [0.2, 0.25) is 0 Å². The number of rotatable bonds is 12. The van der Waals surface area contributed by atoms with E-state index in [0.29, 0.717) is 40.5 Å². The Balaban J connectivity index is 0.706. The Hall–Kier alpha value is -6.47. The number of hydrogen-bond donors (Lipinski definition) is 2. The SMILES string of the molecule is CC(C)N(CC1CCN(c2ccc(C(=O)N[C@H]3CC[C@H](Oc4ccc(C#N)c5ncccc45)CC3)nn2)CC1)[C@H]1C[C@H](Oc2ccc3c(c2)C(=O)N(C2CCC(=O)NC2=O)C3=O)C1. The molecule has 2 aliphatic carbocycles. The van der Waals surface area contributed by atoms with E-state index in [1.54, 1.807) is 36.5 Å². The van der Waals surface area contributed by atoms with Crippen LogP contribution in [0, 0.1) is 17.2 Å².